The number of nitrogens with one attached hydrogen (secondary N) is 1. The van der Waals surface area contributed by atoms with Gasteiger partial charge in [-0.25, -0.2) is 13.1 Å². The predicted molar refractivity (Wildman–Crippen MR) is 88.8 cm³/mol. The SMILES string of the molecule is Cc1cc(Br)c(N)cc1S(=O)(=O)NCCCOCC(C)C. The Morgan fingerprint density at radius 1 is 1.38 bits per heavy atom. The Labute approximate surface area is 135 Å². The number of hydrogen-bond donors (Lipinski definition) is 2. The third-order valence-electron chi connectivity index (χ3n) is 2.79. The first-order valence-corrected chi connectivity index (χ1v) is 9.14. The van der Waals surface area contributed by atoms with Gasteiger partial charge in [-0.3, -0.25) is 0 Å². The van der Waals surface area contributed by atoms with Gasteiger partial charge in [0.1, 0.15) is 0 Å². The Bertz CT molecular complexity index is 574. The molecule has 0 spiro atoms. The summed E-state index contributed by atoms with van der Waals surface area (Å²) in [6.45, 7) is 7.46. The van der Waals surface area contributed by atoms with Crippen molar-refractivity contribution in [2.24, 2.45) is 5.92 Å². The number of benzene rings is 1. The smallest absolute Gasteiger partial charge is 0.240 e. The summed E-state index contributed by atoms with van der Waals surface area (Å²) in [6, 6.07) is 3.17. The molecule has 1 aromatic rings. The van der Waals surface area contributed by atoms with Gasteiger partial charge in [-0.1, -0.05) is 13.8 Å². The lowest BCUT2D eigenvalue weighted by Gasteiger charge is -2.11. The molecule has 0 bridgehead atoms. The second-order valence-electron chi connectivity index (χ2n) is 5.36. The van der Waals surface area contributed by atoms with Crippen LogP contribution in [0, 0.1) is 12.8 Å². The highest BCUT2D eigenvalue weighted by atomic mass is 79.9. The summed E-state index contributed by atoms with van der Waals surface area (Å²) >= 11 is 3.28. The van der Waals surface area contributed by atoms with E-state index in [-0.39, 0.29) is 4.90 Å². The average Bonchev–Trinajstić information content (AvgIpc) is 2.37. The highest BCUT2D eigenvalue weighted by Gasteiger charge is 2.17. The standard InChI is InChI=1S/C14H23BrN2O3S/c1-10(2)9-20-6-4-5-17-21(18,19)14-8-13(16)12(15)7-11(14)3/h7-8,10,17H,4-6,9,16H2,1-3H3. The Kier molecular flexibility index (Phi) is 7.12. The summed E-state index contributed by atoms with van der Waals surface area (Å²) in [5, 5.41) is 0. The van der Waals surface area contributed by atoms with Gasteiger partial charge in [0.2, 0.25) is 10.0 Å². The number of anilines is 1. The number of nitrogen functional groups attached to an aromatic ring is 1. The van der Waals surface area contributed by atoms with E-state index in [1.165, 1.54) is 6.07 Å². The quantitative estimate of drug-likeness (QED) is 0.538. The van der Waals surface area contributed by atoms with Crippen LogP contribution in [0.3, 0.4) is 0 Å². The molecule has 0 aliphatic rings. The molecule has 0 aliphatic carbocycles. The molecule has 0 aliphatic heterocycles. The molecule has 1 aromatic carbocycles. The molecule has 0 fully saturated rings. The van der Waals surface area contributed by atoms with Crippen LogP contribution in [-0.4, -0.2) is 28.2 Å². The number of aryl methyl sites for hydroxylation is 1. The van der Waals surface area contributed by atoms with Gasteiger partial charge in [0.05, 0.1) is 4.90 Å². The fourth-order valence-corrected chi connectivity index (χ4v) is 3.53. The molecule has 0 heterocycles. The third kappa shape index (κ3) is 5.94. The van der Waals surface area contributed by atoms with Gasteiger partial charge >= 0.3 is 0 Å². The molecule has 0 unspecified atom stereocenters. The maximum absolute atomic E-state index is 12.2. The second kappa shape index (κ2) is 8.12. The van der Waals surface area contributed by atoms with E-state index in [4.69, 9.17) is 10.5 Å². The molecule has 0 radical (unpaired) electrons. The molecule has 21 heavy (non-hydrogen) atoms. The predicted octanol–water partition coefficient (Wildman–Crippen LogP) is 2.68. The van der Waals surface area contributed by atoms with Crippen molar-refractivity contribution in [3.8, 4) is 0 Å². The van der Waals surface area contributed by atoms with E-state index in [0.717, 1.165) is 0 Å². The Morgan fingerprint density at radius 3 is 2.67 bits per heavy atom. The Hall–Kier alpha value is -0.630. The van der Waals surface area contributed by atoms with E-state index in [1.54, 1.807) is 13.0 Å². The van der Waals surface area contributed by atoms with Crippen LogP contribution in [-0.2, 0) is 14.8 Å². The van der Waals surface area contributed by atoms with Gasteiger partial charge in [0.25, 0.3) is 0 Å². The molecule has 7 heteroatoms. The van der Waals surface area contributed by atoms with Crippen molar-refractivity contribution < 1.29 is 13.2 Å². The first kappa shape index (κ1) is 18.4. The number of ether oxygens (including phenoxy) is 1. The zero-order valence-electron chi connectivity index (χ0n) is 12.6. The van der Waals surface area contributed by atoms with Crippen LogP contribution in [0.15, 0.2) is 21.5 Å². The van der Waals surface area contributed by atoms with Crippen molar-refractivity contribution in [3.05, 3.63) is 22.2 Å². The van der Waals surface area contributed by atoms with Gasteiger partial charge in [0, 0.05) is 29.9 Å². The van der Waals surface area contributed by atoms with Crippen LogP contribution in [0.4, 0.5) is 5.69 Å². The summed E-state index contributed by atoms with van der Waals surface area (Å²) in [6.07, 6.45) is 0.636. The highest BCUT2D eigenvalue weighted by Crippen LogP contribution is 2.26. The molecule has 5 nitrogen and oxygen atoms in total. The zero-order valence-corrected chi connectivity index (χ0v) is 15.1. The fourth-order valence-electron chi connectivity index (χ4n) is 1.74. The first-order chi connectivity index (χ1) is 9.74. The van der Waals surface area contributed by atoms with Gasteiger partial charge in [0.15, 0.2) is 0 Å². The van der Waals surface area contributed by atoms with Gasteiger partial charge in [-0.05, 0) is 52.9 Å². The Morgan fingerprint density at radius 2 is 2.05 bits per heavy atom. The summed E-state index contributed by atoms with van der Waals surface area (Å²) in [4.78, 5) is 0.214. The van der Waals surface area contributed by atoms with Crippen molar-refractivity contribution in [3.63, 3.8) is 0 Å². The molecular formula is C14H23BrN2O3S. The molecule has 3 N–H and O–H groups in total. The molecule has 0 atom stereocenters. The van der Waals surface area contributed by atoms with E-state index in [9.17, 15) is 8.42 Å². The van der Waals surface area contributed by atoms with Crippen molar-refractivity contribution in [1.29, 1.82) is 0 Å². The number of hydrogen-bond acceptors (Lipinski definition) is 4. The maximum atomic E-state index is 12.2. The molecule has 0 saturated heterocycles. The zero-order chi connectivity index (χ0) is 16.0. The molecule has 0 saturated carbocycles. The van der Waals surface area contributed by atoms with Crippen LogP contribution >= 0.6 is 15.9 Å². The van der Waals surface area contributed by atoms with Crippen LogP contribution in [0.25, 0.3) is 0 Å². The lowest BCUT2D eigenvalue weighted by Crippen LogP contribution is -2.26. The van der Waals surface area contributed by atoms with Crippen LogP contribution in [0.2, 0.25) is 0 Å². The lowest BCUT2D eigenvalue weighted by atomic mass is 10.2. The van der Waals surface area contributed by atoms with Crippen molar-refractivity contribution >= 4 is 31.6 Å². The van der Waals surface area contributed by atoms with E-state index in [1.807, 2.05) is 0 Å². The highest BCUT2D eigenvalue weighted by molar-refractivity contribution is 9.10. The fraction of sp³-hybridized carbons (Fsp3) is 0.571. The maximum Gasteiger partial charge on any atom is 0.240 e. The molecule has 120 valence electrons. The van der Waals surface area contributed by atoms with Crippen LogP contribution in [0.1, 0.15) is 25.8 Å². The van der Waals surface area contributed by atoms with Crippen LogP contribution in [0.5, 0.6) is 0 Å². The van der Waals surface area contributed by atoms with E-state index < -0.39 is 10.0 Å². The summed E-state index contributed by atoms with van der Waals surface area (Å²) < 4.78 is 33.2. The van der Waals surface area contributed by atoms with Crippen LogP contribution < -0.4 is 10.5 Å². The molecule has 0 amide bonds. The van der Waals surface area contributed by atoms with E-state index in [2.05, 4.69) is 34.5 Å². The van der Waals surface area contributed by atoms with Gasteiger partial charge in [-0.2, -0.15) is 0 Å². The number of sulfonamides is 1. The monoisotopic (exact) mass is 378 g/mol. The first-order valence-electron chi connectivity index (χ1n) is 6.87. The second-order valence-corrected chi connectivity index (χ2v) is 7.95. The molecule has 1 rings (SSSR count). The Balaban J connectivity index is 2.56. The van der Waals surface area contributed by atoms with Crippen molar-refractivity contribution in [1.82, 2.24) is 4.72 Å². The number of nitrogens with two attached hydrogens (primary N) is 1. The molecular weight excluding hydrogens is 356 g/mol. The largest absolute Gasteiger partial charge is 0.398 e. The normalized spacial score (nSPS) is 12.0. The summed E-state index contributed by atoms with van der Waals surface area (Å²) in [5.41, 5.74) is 6.81. The lowest BCUT2D eigenvalue weighted by molar-refractivity contribution is 0.108. The minimum atomic E-state index is -3.54. The minimum absolute atomic E-state index is 0.214. The number of rotatable bonds is 8. The van der Waals surface area contributed by atoms with Crippen molar-refractivity contribution in [2.75, 3.05) is 25.5 Å². The third-order valence-corrected chi connectivity index (χ3v) is 5.08. The van der Waals surface area contributed by atoms with Crippen molar-refractivity contribution in [2.45, 2.75) is 32.1 Å². The number of halogens is 1. The van der Waals surface area contributed by atoms with E-state index >= 15 is 0 Å². The average molecular weight is 379 g/mol. The van der Waals surface area contributed by atoms with Gasteiger partial charge in [-0.15, -0.1) is 0 Å². The molecule has 0 aromatic heterocycles. The topological polar surface area (TPSA) is 81.4 Å². The van der Waals surface area contributed by atoms with E-state index in [0.29, 0.717) is 47.8 Å². The van der Waals surface area contributed by atoms with Gasteiger partial charge < -0.3 is 10.5 Å². The minimum Gasteiger partial charge on any atom is -0.398 e. The summed E-state index contributed by atoms with van der Waals surface area (Å²) in [7, 11) is -3.54. The summed E-state index contributed by atoms with van der Waals surface area (Å²) in [5.74, 6) is 0.482.